The molecule has 26 heavy (non-hydrogen) atoms. The van der Waals surface area contributed by atoms with E-state index in [4.69, 9.17) is 0 Å². The highest BCUT2D eigenvalue weighted by molar-refractivity contribution is 5.78. The average Bonchev–Trinajstić information content (AvgIpc) is 3.31. The maximum absolute atomic E-state index is 12.5. The summed E-state index contributed by atoms with van der Waals surface area (Å²) >= 11 is 0. The average molecular weight is 365 g/mol. The molecule has 0 N–H and O–H groups in total. The highest BCUT2D eigenvalue weighted by Crippen LogP contribution is 2.31. The van der Waals surface area contributed by atoms with E-state index in [9.17, 15) is 18.0 Å². The second-order valence-electron chi connectivity index (χ2n) is 6.14. The van der Waals surface area contributed by atoms with E-state index in [-0.39, 0.29) is 17.8 Å². The summed E-state index contributed by atoms with van der Waals surface area (Å²) in [6.07, 6.45) is 1.38. The number of alkyl halides is 3. The predicted octanol–water partition coefficient (Wildman–Crippen LogP) is 4.21. The smallest absolute Gasteiger partial charge is 0.335 e. The van der Waals surface area contributed by atoms with Crippen molar-refractivity contribution in [1.82, 2.24) is 15.0 Å². The van der Waals surface area contributed by atoms with Crippen LogP contribution in [-0.2, 0) is 17.5 Å². The van der Waals surface area contributed by atoms with Crippen LogP contribution in [0.4, 0.5) is 13.2 Å². The van der Waals surface area contributed by atoms with Crippen LogP contribution in [0.2, 0.25) is 0 Å². The normalized spacial score (nSPS) is 14.8. The van der Waals surface area contributed by atoms with E-state index in [1.807, 2.05) is 24.0 Å². The van der Waals surface area contributed by atoms with Crippen molar-refractivity contribution in [3.8, 4) is 11.4 Å². The Morgan fingerprint density at radius 1 is 1.31 bits per heavy atom. The number of rotatable bonds is 6. The van der Waals surface area contributed by atoms with Crippen molar-refractivity contribution in [2.75, 3.05) is 0 Å². The molecule has 1 aromatic heterocycles. The zero-order chi connectivity index (χ0) is 18.7. The summed E-state index contributed by atoms with van der Waals surface area (Å²) < 4.78 is 41.8. The van der Waals surface area contributed by atoms with Gasteiger partial charge in [0.2, 0.25) is 11.7 Å². The van der Waals surface area contributed by atoms with Gasteiger partial charge in [0.1, 0.15) is 0 Å². The lowest BCUT2D eigenvalue weighted by atomic mass is 10.1. The molecule has 1 aliphatic rings. The number of carbonyl (C=O) groups excluding carboxylic acids is 1. The molecule has 0 unspecified atom stereocenters. The van der Waals surface area contributed by atoms with E-state index in [0.717, 1.165) is 18.4 Å². The highest BCUT2D eigenvalue weighted by Gasteiger charge is 2.38. The molecule has 0 atom stereocenters. The predicted molar refractivity (Wildman–Crippen MR) is 87.7 cm³/mol. The van der Waals surface area contributed by atoms with Gasteiger partial charge in [0, 0.05) is 24.6 Å². The fraction of sp³-hybridized carbons (Fsp3) is 0.389. The second kappa shape index (κ2) is 7.31. The Bertz CT molecular complexity index is 793. The third-order valence-corrected chi connectivity index (χ3v) is 4.07. The van der Waals surface area contributed by atoms with E-state index in [2.05, 4.69) is 14.7 Å². The monoisotopic (exact) mass is 365 g/mol. The molecular formula is C18H18F3N3O2. The molecule has 1 amide bonds. The lowest BCUT2D eigenvalue weighted by molar-refractivity contribution is -0.159. The molecule has 0 spiro atoms. The van der Waals surface area contributed by atoms with Crippen LogP contribution in [0.5, 0.6) is 0 Å². The molecule has 1 aromatic carbocycles. The molecule has 3 rings (SSSR count). The number of benzene rings is 1. The molecule has 8 heteroatoms. The Hall–Kier alpha value is -2.64. The maximum Gasteiger partial charge on any atom is 0.471 e. The SMILES string of the molecule is CC=CCC(=O)N(Cc1ccc(-c2noc(C(F)(F)F)n2)cc1)C1CC1. The van der Waals surface area contributed by atoms with Crippen molar-refractivity contribution in [1.29, 1.82) is 0 Å². The summed E-state index contributed by atoms with van der Waals surface area (Å²) in [5, 5.41) is 3.37. The highest BCUT2D eigenvalue weighted by atomic mass is 19.4. The molecule has 1 aliphatic carbocycles. The molecule has 1 fully saturated rings. The third-order valence-electron chi connectivity index (χ3n) is 4.07. The molecular weight excluding hydrogens is 347 g/mol. The molecule has 138 valence electrons. The topological polar surface area (TPSA) is 59.2 Å². The Morgan fingerprint density at radius 2 is 2.00 bits per heavy atom. The van der Waals surface area contributed by atoms with E-state index >= 15 is 0 Å². The maximum atomic E-state index is 12.5. The lowest BCUT2D eigenvalue weighted by Crippen LogP contribution is -2.32. The molecule has 0 bridgehead atoms. The summed E-state index contributed by atoms with van der Waals surface area (Å²) in [6, 6.07) is 7.05. The number of aromatic nitrogens is 2. The second-order valence-corrected chi connectivity index (χ2v) is 6.14. The van der Waals surface area contributed by atoms with Crippen molar-refractivity contribution in [2.45, 2.75) is 44.9 Å². The first-order valence-electron chi connectivity index (χ1n) is 8.29. The number of halogens is 3. The molecule has 1 saturated carbocycles. The number of allylic oxidation sites excluding steroid dienone is 1. The van der Waals surface area contributed by atoms with E-state index in [1.165, 1.54) is 0 Å². The summed E-state index contributed by atoms with van der Waals surface area (Å²) in [6.45, 7) is 2.34. The van der Waals surface area contributed by atoms with Crippen LogP contribution in [-0.4, -0.2) is 27.0 Å². The fourth-order valence-corrected chi connectivity index (χ4v) is 2.55. The Kier molecular flexibility index (Phi) is 5.11. The minimum Gasteiger partial charge on any atom is -0.335 e. The van der Waals surface area contributed by atoms with Gasteiger partial charge in [-0.25, -0.2) is 0 Å². The van der Waals surface area contributed by atoms with E-state index in [1.54, 1.807) is 24.3 Å². The van der Waals surface area contributed by atoms with Crippen molar-refractivity contribution in [3.63, 3.8) is 0 Å². The molecule has 5 nitrogen and oxygen atoms in total. The van der Waals surface area contributed by atoms with Gasteiger partial charge in [0.05, 0.1) is 0 Å². The molecule has 0 saturated heterocycles. The minimum absolute atomic E-state index is 0.0719. The van der Waals surface area contributed by atoms with Crippen LogP contribution >= 0.6 is 0 Å². The number of hydrogen-bond acceptors (Lipinski definition) is 4. The van der Waals surface area contributed by atoms with E-state index < -0.39 is 12.1 Å². The number of nitrogens with zero attached hydrogens (tertiary/aromatic N) is 3. The molecule has 0 radical (unpaired) electrons. The zero-order valence-electron chi connectivity index (χ0n) is 14.2. The summed E-state index contributed by atoms with van der Waals surface area (Å²) in [5.74, 6) is -1.42. The lowest BCUT2D eigenvalue weighted by Gasteiger charge is -2.22. The van der Waals surface area contributed by atoms with Gasteiger partial charge in [0.25, 0.3) is 0 Å². The van der Waals surface area contributed by atoms with Gasteiger partial charge < -0.3 is 9.42 Å². The first-order chi connectivity index (χ1) is 12.4. The molecule has 1 heterocycles. The van der Waals surface area contributed by atoms with Gasteiger partial charge >= 0.3 is 12.1 Å². The van der Waals surface area contributed by atoms with Crippen LogP contribution < -0.4 is 0 Å². The summed E-state index contributed by atoms with van der Waals surface area (Å²) in [4.78, 5) is 17.5. The minimum atomic E-state index is -4.66. The molecule has 2 aromatic rings. The van der Waals surface area contributed by atoms with Gasteiger partial charge in [-0.3, -0.25) is 4.79 Å². The van der Waals surface area contributed by atoms with Gasteiger partial charge in [-0.2, -0.15) is 18.2 Å². The van der Waals surface area contributed by atoms with Gasteiger partial charge in [-0.1, -0.05) is 41.6 Å². The standard InChI is InChI=1S/C18H18F3N3O2/c1-2-3-4-15(25)24(14-9-10-14)11-12-5-7-13(8-6-12)16-22-17(26-23-16)18(19,20)21/h2-3,5-8,14H,4,9-11H2,1H3. The first kappa shape index (κ1) is 18.2. The van der Waals surface area contributed by atoms with Crippen molar-refractivity contribution in [3.05, 3.63) is 47.9 Å². The molecule has 0 aliphatic heterocycles. The van der Waals surface area contributed by atoms with Crippen molar-refractivity contribution in [2.24, 2.45) is 0 Å². The van der Waals surface area contributed by atoms with Crippen molar-refractivity contribution >= 4 is 5.91 Å². The van der Waals surface area contributed by atoms with Crippen LogP contribution in [0.15, 0.2) is 40.9 Å². The fourth-order valence-electron chi connectivity index (χ4n) is 2.55. The number of hydrogen-bond donors (Lipinski definition) is 0. The summed E-state index contributed by atoms with van der Waals surface area (Å²) in [5.41, 5.74) is 1.32. The number of amides is 1. The van der Waals surface area contributed by atoms with Gasteiger partial charge in [0.15, 0.2) is 0 Å². The van der Waals surface area contributed by atoms with Gasteiger partial charge in [-0.05, 0) is 25.3 Å². The Labute approximate surface area is 148 Å². The Morgan fingerprint density at radius 3 is 2.54 bits per heavy atom. The zero-order valence-corrected chi connectivity index (χ0v) is 14.2. The van der Waals surface area contributed by atoms with Crippen LogP contribution in [0.1, 0.15) is 37.6 Å². The van der Waals surface area contributed by atoms with E-state index in [0.29, 0.717) is 18.5 Å². The van der Waals surface area contributed by atoms with Gasteiger partial charge in [-0.15, -0.1) is 0 Å². The summed E-state index contributed by atoms with van der Waals surface area (Å²) in [7, 11) is 0. The Balaban J connectivity index is 1.70. The number of carbonyl (C=O) groups is 1. The quantitative estimate of drug-likeness (QED) is 0.720. The third kappa shape index (κ3) is 4.30. The van der Waals surface area contributed by atoms with Crippen LogP contribution in [0.3, 0.4) is 0 Å². The van der Waals surface area contributed by atoms with Crippen LogP contribution in [0.25, 0.3) is 11.4 Å². The van der Waals surface area contributed by atoms with Crippen LogP contribution in [0, 0.1) is 0 Å². The first-order valence-corrected chi connectivity index (χ1v) is 8.29. The largest absolute Gasteiger partial charge is 0.471 e. The van der Waals surface area contributed by atoms with Crippen molar-refractivity contribution < 1.29 is 22.5 Å².